The molecular weight excluding hydrogens is 267 g/mol. The lowest BCUT2D eigenvalue weighted by Crippen LogP contribution is -2.40. The summed E-state index contributed by atoms with van der Waals surface area (Å²) in [6.07, 6.45) is 4.41. The van der Waals surface area contributed by atoms with Crippen molar-refractivity contribution in [3.63, 3.8) is 0 Å². The quantitative estimate of drug-likeness (QED) is 0.786. The predicted octanol–water partition coefficient (Wildman–Crippen LogP) is 1.87. The first-order valence-electron chi connectivity index (χ1n) is 7.56. The van der Waals surface area contributed by atoms with Crippen molar-refractivity contribution in [2.24, 2.45) is 5.73 Å². The van der Waals surface area contributed by atoms with E-state index in [1.807, 2.05) is 6.07 Å². The molecule has 2 rings (SSSR count). The second kappa shape index (κ2) is 8.14. The van der Waals surface area contributed by atoms with Crippen LogP contribution in [0.1, 0.15) is 36.8 Å². The van der Waals surface area contributed by atoms with Crippen LogP contribution in [0, 0.1) is 17.7 Å². The van der Waals surface area contributed by atoms with Gasteiger partial charge in [-0.1, -0.05) is 18.3 Å². The number of aliphatic hydroxyl groups is 1. The van der Waals surface area contributed by atoms with E-state index >= 15 is 0 Å². The molecule has 1 aliphatic rings. The predicted molar refractivity (Wildman–Crippen MR) is 82.1 cm³/mol. The Morgan fingerprint density at radius 1 is 1.33 bits per heavy atom. The largest absolute Gasteiger partial charge is 0.396 e. The zero-order valence-corrected chi connectivity index (χ0v) is 12.3. The van der Waals surface area contributed by atoms with Gasteiger partial charge in [-0.15, -0.1) is 0 Å². The van der Waals surface area contributed by atoms with Gasteiger partial charge in [-0.2, -0.15) is 0 Å². The van der Waals surface area contributed by atoms with Crippen molar-refractivity contribution in [3.8, 4) is 11.8 Å². The average molecular weight is 290 g/mol. The van der Waals surface area contributed by atoms with E-state index in [-0.39, 0.29) is 19.0 Å². The highest BCUT2D eigenvalue weighted by molar-refractivity contribution is 5.38. The number of rotatable bonds is 6. The molecule has 0 aromatic heterocycles. The third-order valence-corrected chi connectivity index (χ3v) is 3.87. The van der Waals surface area contributed by atoms with Gasteiger partial charge in [0.05, 0.1) is 6.54 Å². The standard InChI is InChI=1S/C17H23FN2O/c18-16-11-14(4-2-7-19)10-15(12-16)13-20(8-3-9-21)17-5-1-6-17/h10-12,17,21H,1,3,5-9,13,19H2. The highest BCUT2D eigenvalue weighted by Gasteiger charge is 2.24. The van der Waals surface area contributed by atoms with Gasteiger partial charge in [-0.05, 0) is 43.0 Å². The summed E-state index contributed by atoms with van der Waals surface area (Å²) >= 11 is 0. The summed E-state index contributed by atoms with van der Waals surface area (Å²) < 4.78 is 13.7. The van der Waals surface area contributed by atoms with Crippen LogP contribution in [-0.4, -0.2) is 35.7 Å². The van der Waals surface area contributed by atoms with Crippen molar-refractivity contribution in [3.05, 3.63) is 35.1 Å². The van der Waals surface area contributed by atoms with Crippen LogP contribution in [0.2, 0.25) is 0 Å². The molecule has 21 heavy (non-hydrogen) atoms. The van der Waals surface area contributed by atoms with E-state index < -0.39 is 0 Å². The highest BCUT2D eigenvalue weighted by Crippen LogP contribution is 2.26. The summed E-state index contributed by atoms with van der Waals surface area (Å²) in [5, 5.41) is 9.02. The lowest BCUT2D eigenvalue weighted by molar-refractivity contribution is 0.109. The van der Waals surface area contributed by atoms with Gasteiger partial charge < -0.3 is 10.8 Å². The second-order valence-corrected chi connectivity index (χ2v) is 5.49. The molecule has 1 aliphatic carbocycles. The Morgan fingerprint density at radius 2 is 2.14 bits per heavy atom. The van der Waals surface area contributed by atoms with E-state index in [0.717, 1.165) is 18.5 Å². The molecule has 1 fully saturated rings. The van der Waals surface area contributed by atoms with Crippen LogP contribution < -0.4 is 5.73 Å². The maximum absolute atomic E-state index is 13.7. The van der Waals surface area contributed by atoms with Gasteiger partial charge in [0, 0.05) is 31.3 Å². The van der Waals surface area contributed by atoms with E-state index in [4.69, 9.17) is 10.8 Å². The Kier molecular flexibility index (Phi) is 6.19. The number of halogens is 1. The van der Waals surface area contributed by atoms with Crippen LogP contribution in [0.15, 0.2) is 18.2 Å². The molecule has 1 aromatic carbocycles. The molecule has 0 bridgehead atoms. The summed E-state index contributed by atoms with van der Waals surface area (Å²) in [7, 11) is 0. The zero-order valence-electron chi connectivity index (χ0n) is 12.3. The molecule has 4 heteroatoms. The van der Waals surface area contributed by atoms with Gasteiger partial charge in [0.1, 0.15) is 5.82 Å². The number of nitrogens with two attached hydrogens (primary N) is 1. The molecule has 0 heterocycles. The second-order valence-electron chi connectivity index (χ2n) is 5.49. The SMILES string of the molecule is NCC#Cc1cc(F)cc(CN(CCCO)C2CCC2)c1. The van der Waals surface area contributed by atoms with Crippen LogP contribution in [0.25, 0.3) is 0 Å². The number of hydrogen-bond acceptors (Lipinski definition) is 3. The third kappa shape index (κ3) is 4.82. The lowest BCUT2D eigenvalue weighted by Gasteiger charge is -2.37. The molecule has 1 saturated carbocycles. The molecule has 0 unspecified atom stereocenters. The lowest BCUT2D eigenvalue weighted by atomic mass is 9.91. The van der Waals surface area contributed by atoms with Crippen LogP contribution >= 0.6 is 0 Å². The topological polar surface area (TPSA) is 49.5 Å². The molecule has 0 atom stereocenters. The number of aliphatic hydroxyl groups excluding tert-OH is 1. The molecule has 0 spiro atoms. The molecule has 3 N–H and O–H groups in total. The van der Waals surface area contributed by atoms with E-state index in [0.29, 0.717) is 18.2 Å². The molecule has 0 aliphatic heterocycles. The molecule has 114 valence electrons. The summed E-state index contributed by atoms with van der Waals surface area (Å²) in [6, 6.07) is 5.50. The molecule has 0 saturated heterocycles. The Labute approximate surface area is 125 Å². The third-order valence-electron chi connectivity index (χ3n) is 3.87. The van der Waals surface area contributed by atoms with Crippen molar-refractivity contribution >= 4 is 0 Å². The minimum absolute atomic E-state index is 0.194. The summed E-state index contributed by atoms with van der Waals surface area (Å²) in [5.74, 6) is 5.38. The van der Waals surface area contributed by atoms with E-state index in [1.54, 1.807) is 6.07 Å². The maximum atomic E-state index is 13.7. The smallest absolute Gasteiger partial charge is 0.124 e. The molecule has 3 nitrogen and oxygen atoms in total. The van der Waals surface area contributed by atoms with Gasteiger partial charge in [0.25, 0.3) is 0 Å². The fraction of sp³-hybridized carbons (Fsp3) is 0.529. The minimum Gasteiger partial charge on any atom is -0.396 e. The first-order chi connectivity index (χ1) is 10.2. The first-order valence-corrected chi connectivity index (χ1v) is 7.56. The molecule has 1 aromatic rings. The Morgan fingerprint density at radius 3 is 2.76 bits per heavy atom. The Hall–Kier alpha value is -1.41. The van der Waals surface area contributed by atoms with Crippen molar-refractivity contribution in [2.75, 3.05) is 19.7 Å². The number of hydrogen-bond donors (Lipinski definition) is 2. The van der Waals surface area contributed by atoms with Crippen molar-refractivity contribution < 1.29 is 9.50 Å². The van der Waals surface area contributed by atoms with Crippen LogP contribution in [-0.2, 0) is 6.54 Å². The van der Waals surface area contributed by atoms with Gasteiger partial charge in [0.15, 0.2) is 0 Å². The van der Waals surface area contributed by atoms with E-state index in [1.165, 1.54) is 25.3 Å². The van der Waals surface area contributed by atoms with Crippen LogP contribution in [0.5, 0.6) is 0 Å². The molecule has 0 amide bonds. The average Bonchev–Trinajstić information content (AvgIpc) is 2.40. The highest BCUT2D eigenvalue weighted by atomic mass is 19.1. The first kappa shape index (κ1) is 16.0. The van der Waals surface area contributed by atoms with E-state index in [9.17, 15) is 4.39 Å². The van der Waals surface area contributed by atoms with Gasteiger partial charge in [-0.3, -0.25) is 4.90 Å². The minimum atomic E-state index is -0.260. The normalized spacial score (nSPS) is 14.7. The van der Waals surface area contributed by atoms with Gasteiger partial charge in [-0.25, -0.2) is 4.39 Å². The number of benzene rings is 1. The Balaban J connectivity index is 2.09. The fourth-order valence-electron chi connectivity index (χ4n) is 2.62. The molecular formula is C17H23FN2O. The van der Waals surface area contributed by atoms with Crippen molar-refractivity contribution in [1.82, 2.24) is 4.90 Å². The zero-order chi connectivity index (χ0) is 15.1. The van der Waals surface area contributed by atoms with Crippen molar-refractivity contribution in [1.29, 1.82) is 0 Å². The maximum Gasteiger partial charge on any atom is 0.124 e. The van der Waals surface area contributed by atoms with Crippen molar-refractivity contribution in [2.45, 2.75) is 38.3 Å². The summed E-state index contributed by atoms with van der Waals surface area (Å²) in [6.45, 7) is 2.03. The summed E-state index contributed by atoms with van der Waals surface area (Å²) in [5.41, 5.74) is 6.96. The number of nitrogens with zero attached hydrogens (tertiary/aromatic N) is 1. The van der Waals surface area contributed by atoms with Crippen LogP contribution in [0.3, 0.4) is 0 Å². The Bertz CT molecular complexity index is 517. The molecule has 0 radical (unpaired) electrons. The monoisotopic (exact) mass is 290 g/mol. The summed E-state index contributed by atoms with van der Waals surface area (Å²) in [4.78, 5) is 2.34. The fourth-order valence-corrected chi connectivity index (χ4v) is 2.62. The van der Waals surface area contributed by atoms with Crippen LogP contribution in [0.4, 0.5) is 4.39 Å². The van der Waals surface area contributed by atoms with Gasteiger partial charge in [0.2, 0.25) is 0 Å². The van der Waals surface area contributed by atoms with Gasteiger partial charge >= 0.3 is 0 Å². The van der Waals surface area contributed by atoms with E-state index in [2.05, 4.69) is 16.7 Å².